The third-order valence-corrected chi connectivity index (χ3v) is 3.51. The minimum absolute atomic E-state index is 0.00853. The molecule has 0 atom stereocenters. The molecular formula is C12H22N4O3S. The summed E-state index contributed by atoms with van der Waals surface area (Å²) >= 11 is 0. The van der Waals surface area contributed by atoms with Crippen molar-refractivity contribution in [2.24, 2.45) is 5.14 Å². The van der Waals surface area contributed by atoms with Crippen LogP contribution in [0.15, 0.2) is 23.1 Å². The second-order valence-electron chi connectivity index (χ2n) is 4.64. The van der Waals surface area contributed by atoms with Gasteiger partial charge in [0, 0.05) is 18.8 Å². The maximum atomic E-state index is 11.5. The van der Waals surface area contributed by atoms with Gasteiger partial charge >= 0.3 is 0 Å². The normalized spacial score (nSPS) is 11.8. The van der Waals surface area contributed by atoms with Gasteiger partial charge in [0.1, 0.15) is 4.90 Å². The first-order valence-electron chi connectivity index (χ1n) is 6.19. The van der Waals surface area contributed by atoms with Crippen LogP contribution in [0, 0.1) is 0 Å². The number of nitrogens with zero attached hydrogens (tertiary/aromatic N) is 1. The van der Waals surface area contributed by atoms with E-state index in [4.69, 9.17) is 15.6 Å². The molecule has 0 aliphatic carbocycles. The number of ether oxygens (including phenoxy) is 1. The summed E-state index contributed by atoms with van der Waals surface area (Å²) < 4.78 is 28.3. The van der Waals surface area contributed by atoms with Crippen LogP contribution in [0.2, 0.25) is 0 Å². The third kappa shape index (κ3) is 5.74. The van der Waals surface area contributed by atoms with Gasteiger partial charge in [-0.3, -0.25) is 0 Å². The number of nitrogens with one attached hydrogen (secondary N) is 1. The number of rotatable bonds is 8. The highest BCUT2D eigenvalue weighted by molar-refractivity contribution is 7.89. The van der Waals surface area contributed by atoms with Crippen LogP contribution >= 0.6 is 0 Å². The zero-order valence-corrected chi connectivity index (χ0v) is 12.6. The monoisotopic (exact) mass is 302 g/mol. The molecule has 1 rings (SSSR count). The van der Waals surface area contributed by atoms with E-state index in [1.165, 1.54) is 6.07 Å². The fourth-order valence-corrected chi connectivity index (χ4v) is 2.27. The van der Waals surface area contributed by atoms with Crippen LogP contribution in [0.5, 0.6) is 0 Å². The molecule has 5 N–H and O–H groups in total. The summed E-state index contributed by atoms with van der Waals surface area (Å²) in [4.78, 5) is 2.01. The molecule has 7 nitrogen and oxygen atoms in total. The van der Waals surface area contributed by atoms with E-state index in [1.807, 2.05) is 19.0 Å². The van der Waals surface area contributed by atoms with Gasteiger partial charge in [-0.05, 0) is 32.3 Å². The van der Waals surface area contributed by atoms with Crippen LogP contribution in [0.3, 0.4) is 0 Å². The molecule has 0 aliphatic heterocycles. The van der Waals surface area contributed by atoms with Crippen molar-refractivity contribution < 1.29 is 13.2 Å². The van der Waals surface area contributed by atoms with Gasteiger partial charge in [0.05, 0.1) is 18.9 Å². The molecule has 0 unspecified atom stereocenters. The topological polar surface area (TPSA) is 111 Å². The summed E-state index contributed by atoms with van der Waals surface area (Å²) in [7, 11) is 0.129. The van der Waals surface area contributed by atoms with Gasteiger partial charge in [0.25, 0.3) is 0 Å². The molecule has 0 amide bonds. The molecule has 20 heavy (non-hydrogen) atoms. The molecule has 0 spiro atoms. The average Bonchev–Trinajstić information content (AvgIpc) is 2.33. The molecule has 0 fully saturated rings. The van der Waals surface area contributed by atoms with Crippen LogP contribution in [-0.4, -0.2) is 53.7 Å². The summed E-state index contributed by atoms with van der Waals surface area (Å²) in [6.07, 6.45) is 0. The number of hydrogen-bond donors (Lipinski definition) is 3. The molecule has 8 heteroatoms. The highest BCUT2D eigenvalue weighted by Gasteiger charge is 2.13. The smallest absolute Gasteiger partial charge is 0.240 e. The van der Waals surface area contributed by atoms with Crippen molar-refractivity contribution in [2.75, 3.05) is 51.4 Å². The summed E-state index contributed by atoms with van der Waals surface area (Å²) in [6, 6.07) is 4.55. The fraction of sp³-hybridized carbons (Fsp3) is 0.500. The second kappa shape index (κ2) is 7.44. The predicted molar refractivity (Wildman–Crippen MR) is 80.1 cm³/mol. The predicted octanol–water partition coefficient (Wildman–Crippen LogP) is -0.0937. The van der Waals surface area contributed by atoms with Gasteiger partial charge in [-0.25, -0.2) is 13.6 Å². The summed E-state index contributed by atoms with van der Waals surface area (Å²) in [5.74, 6) is 0. The molecule has 0 saturated heterocycles. The zero-order valence-electron chi connectivity index (χ0n) is 11.8. The van der Waals surface area contributed by atoms with Crippen molar-refractivity contribution >= 4 is 21.4 Å². The largest absolute Gasteiger partial charge is 0.399 e. The van der Waals surface area contributed by atoms with E-state index in [0.717, 1.165) is 6.54 Å². The molecule has 0 aliphatic rings. The van der Waals surface area contributed by atoms with Crippen molar-refractivity contribution in [2.45, 2.75) is 4.90 Å². The van der Waals surface area contributed by atoms with E-state index >= 15 is 0 Å². The van der Waals surface area contributed by atoms with Crippen molar-refractivity contribution in [1.82, 2.24) is 4.90 Å². The number of anilines is 2. The lowest BCUT2D eigenvalue weighted by Crippen LogP contribution is -2.21. The Kier molecular flexibility index (Phi) is 6.21. The molecule has 1 aromatic rings. The van der Waals surface area contributed by atoms with Crippen LogP contribution in [0.4, 0.5) is 11.4 Å². The van der Waals surface area contributed by atoms with E-state index in [9.17, 15) is 8.42 Å². The highest BCUT2D eigenvalue weighted by atomic mass is 32.2. The van der Waals surface area contributed by atoms with E-state index in [0.29, 0.717) is 31.1 Å². The number of primary sulfonamides is 1. The van der Waals surface area contributed by atoms with Crippen molar-refractivity contribution in [3.63, 3.8) is 0 Å². The Morgan fingerprint density at radius 1 is 1.30 bits per heavy atom. The lowest BCUT2D eigenvalue weighted by atomic mass is 10.3. The van der Waals surface area contributed by atoms with Gasteiger partial charge in [0.15, 0.2) is 0 Å². The van der Waals surface area contributed by atoms with Crippen molar-refractivity contribution in [3.05, 3.63) is 18.2 Å². The Morgan fingerprint density at radius 3 is 2.60 bits per heavy atom. The molecule has 0 saturated carbocycles. The first kappa shape index (κ1) is 16.7. The number of benzene rings is 1. The standard InChI is InChI=1S/C12H22N4O3S/c1-16(2)6-8-19-7-5-15-11-4-3-10(13)9-12(11)20(14,17)18/h3-4,9,15H,5-8,13H2,1-2H3,(H2,14,17,18). The zero-order chi connectivity index (χ0) is 15.2. The van der Waals surface area contributed by atoms with Crippen LogP contribution in [0.1, 0.15) is 0 Å². The summed E-state index contributed by atoms with van der Waals surface area (Å²) in [5, 5.41) is 8.13. The Bertz CT molecular complexity index is 532. The molecule has 1 aromatic carbocycles. The molecule has 0 radical (unpaired) electrons. The first-order chi connectivity index (χ1) is 9.30. The molecule has 0 heterocycles. The Morgan fingerprint density at radius 2 is 2.00 bits per heavy atom. The Labute approximate surface area is 119 Å². The maximum absolute atomic E-state index is 11.5. The highest BCUT2D eigenvalue weighted by Crippen LogP contribution is 2.22. The lowest BCUT2D eigenvalue weighted by Gasteiger charge is -2.13. The minimum Gasteiger partial charge on any atom is -0.399 e. The Balaban J connectivity index is 2.52. The van der Waals surface area contributed by atoms with Crippen LogP contribution < -0.4 is 16.2 Å². The SMILES string of the molecule is CN(C)CCOCCNc1ccc(N)cc1S(N)(=O)=O. The number of nitrogens with two attached hydrogens (primary N) is 2. The molecule has 0 bridgehead atoms. The minimum atomic E-state index is -3.80. The van der Waals surface area contributed by atoms with E-state index in [-0.39, 0.29) is 4.90 Å². The Hall–Kier alpha value is -1.35. The van der Waals surface area contributed by atoms with Crippen LogP contribution in [0.25, 0.3) is 0 Å². The quantitative estimate of drug-likeness (QED) is 0.457. The molecule has 114 valence electrons. The van der Waals surface area contributed by atoms with E-state index < -0.39 is 10.0 Å². The van der Waals surface area contributed by atoms with Crippen LogP contribution in [-0.2, 0) is 14.8 Å². The van der Waals surface area contributed by atoms with Crippen molar-refractivity contribution in [1.29, 1.82) is 0 Å². The average molecular weight is 302 g/mol. The van der Waals surface area contributed by atoms with Gasteiger partial charge in [-0.15, -0.1) is 0 Å². The second-order valence-corrected chi connectivity index (χ2v) is 6.17. The van der Waals surface area contributed by atoms with Gasteiger partial charge in [-0.2, -0.15) is 0 Å². The van der Waals surface area contributed by atoms with Crippen molar-refractivity contribution in [3.8, 4) is 0 Å². The maximum Gasteiger partial charge on any atom is 0.240 e. The number of sulfonamides is 1. The lowest BCUT2D eigenvalue weighted by molar-refractivity contribution is 0.126. The summed E-state index contributed by atoms with van der Waals surface area (Å²) in [6.45, 7) is 2.42. The first-order valence-corrected chi connectivity index (χ1v) is 7.74. The van der Waals surface area contributed by atoms with Gasteiger partial charge < -0.3 is 20.7 Å². The number of nitrogen functional groups attached to an aromatic ring is 1. The van der Waals surface area contributed by atoms with Gasteiger partial charge in [0.2, 0.25) is 10.0 Å². The van der Waals surface area contributed by atoms with E-state index in [1.54, 1.807) is 12.1 Å². The fourth-order valence-electron chi connectivity index (χ4n) is 1.53. The number of hydrogen-bond acceptors (Lipinski definition) is 6. The third-order valence-electron chi connectivity index (χ3n) is 2.56. The summed E-state index contributed by atoms with van der Waals surface area (Å²) in [5.41, 5.74) is 6.35. The van der Waals surface area contributed by atoms with E-state index in [2.05, 4.69) is 5.32 Å². The molecular weight excluding hydrogens is 280 g/mol. The number of likely N-dealkylation sites (N-methyl/N-ethyl adjacent to an activating group) is 1. The molecule has 0 aromatic heterocycles. The van der Waals surface area contributed by atoms with Gasteiger partial charge in [-0.1, -0.05) is 0 Å².